The van der Waals surface area contributed by atoms with Crippen molar-refractivity contribution in [2.75, 3.05) is 11.9 Å². The quantitative estimate of drug-likeness (QED) is 0.453. The van der Waals surface area contributed by atoms with E-state index in [4.69, 9.17) is 4.74 Å². The van der Waals surface area contributed by atoms with Gasteiger partial charge in [0.1, 0.15) is 24.0 Å². The molecule has 178 valence electrons. The SMILES string of the molecule is CC#CCC(NC(=O)c1cnn(C)c1NC(=O)OCC1c2ccccc2-c2ccccc21)C(=O)O. The van der Waals surface area contributed by atoms with Gasteiger partial charge in [-0.1, -0.05) is 48.5 Å². The lowest BCUT2D eigenvalue weighted by Gasteiger charge is -2.15. The Morgan fingerprint density at radius 3 is 2.34 bits per heavy atom. The number of hydrogen-bond donors (Lipinski definition) is 3. The number of carbonyl (C=O) groups excluding carboxylic acids is 2. The molecule has 0 aliphatic heterocycles. The lowest BCUT2D eigenvalue weighted by atomic mass is 9.98. The van der Waals surface area contributed by atoms with Crippen LogP contribution < -0.4 is 10.6 Å². The first-order valence-corrected chi connectivity index (χ1v) is 11.0. The third-order valence-corrected chi connectivity index (χ3v) is 5.83. The lowest BCUT2D eigenvalue weighted by molar-refractivity contribution is -0.139. The molecular weight excluding hydrogens is 448 g/mol. The molecule has 1 unspecified atom stereocenters. The van der Waals surface area contributed by atoms with E-state index in [9.17, 15) is 19.5 Å². The van der Waals surface area contributed by atoms with Crippen LogP contribution >= 0.6 is 0 Å². The molecule has 0 saturated carbocycles. The zero-order valence-corrected chi connectivity index (χ0v) is 19.2. The number of nitrogens with one attached hydrogen (secondary N) is 2. The highest BCUT2D eigenvalue weighted by Crippen LogP contribution is 2.44. The molecule has 1 aromatic heterocycles. The highest BCUT2D eigenvalue weighted by Gasteiger charge is 2.29. The third-order valence-electron chi connectivity index (χ3n) is 5.83. The van der Waals surface area contributed by atoms with Crippen molar-refractivity contribution in [1.29, 1.82) is 0 Å². The number of aromatic nitrogens is 2. The molecule has 1 heterocycles. The van der Waals surface area contributed by atoms with Gasteiger partial charge in [0.15, 0.2) is 0 Å². The van der Waals surface area contributed by atoms with Crippen LogP contribution in [0.15, 0.2) is 54.7 Å². The Balaban J connectivity index is 1.45. The maximum atomic E-state index is 12.7. The van der Waals surface area contributed by atoms with E-state index < -0.39 is 24.0 Å². The first-order chi connectivity index (χ1) is 16.9. The Morgan fingerprint density at radius 1 is 1.11 bits per heavy atom. The van der Waals surface area contributed by atoms with Crippen molar-refractivity contribution in [2.45, 2.75) is 25.3 Å². The fraction of sp³-hybridized carbons (Fsp3) is 0.231. The zero-order valence-electron chi connectivity index (χ0n) is 19.2. The molecule has 0 fully saturated rings. The third kappa shape index (κ3) is 4.87. The Bertz CT molecular complexity index is 1310. The van der Waals surface area contributed by atoms with E-state index in [0.717, 1.165) is 22.3 Å². The Morgan fingerprint density at radius 2 is 1.74 bits per heavy atom. The number of aliphatic carboxylic acids is 1. The van der Waals surface area contributed by atoms with Crippen LogP contribution in [0.4, 0.5) is 10.6 Å². The van der Waals surface area contributed by atoms with Crippen LogP contribution in [0.5, 0.6) is 0 Å². The average molecular weight is 473 g/mol. The summed E-state index contributed by atoms with van der Waals surface area (Å²) in [7, 11) is 1.55. The standard InChI is InChI=1S/C26H24N4O5/c1-3-4-13-22(25(32)33)28-24(31)20-14-27-30(2)23(20)29-26(34)35-15-21-18-11-7-5-9-16(18)17-10-6-8-12-19(17)21/h5-12,14,21-22H,13,15H2,1-2H3,(H,28,31)(H,29,34)(H,32,33). The van der Waals surface area contributed by atoms with Crippen LogP contribution in [-0.2, 0) is 16.6 Å². The maximum Gasteiger partial charge on any atom is 0.412 e. The molecule has 1 aliphatic rings. The van der Waals surface area contributed by atoms with Gasteiger partial charge in [-0.2, -0.15) is 5.10 Å². The van der Waals surface area contributed by atoms with Crippen molar-refractivity contribution in [1.82, 2.24) is 15.1 Å². The molecule has 2 amide bonds. The van der Waals surface area contributed by atoms with Gasteiger partial charge < -0.3 is 15.2 Å². The summed E-state index contributed by atoms with van der Waals surface area (Å²) in [5, 5.41) is 18.3. The van der Waals surface area contributed by atoms with Crippen LogP contribution in [0.2, 0.25) is 0 Å². The minimum Gasteiger partial charge on any atom is -0.480 e. The smallest absolute Gasteiger partial charge is 0.412 e. The van der Waals surface area contributed by atoms with Crippen molar-refractivity contribution < 1.29 is 24.2 Å². The summed E-state index contributed by atoms with van der Waals surface area (Å²) in [6.45, 7) is 1.69. The minimum atomic E-state index is -1.21. The molecule has 4 rings (SSSR count). The molecule has 3 aromatic rings. The second-order valence-electron chi connectivity index (χ2n) is 7.98. The molecule has 0 spiro atoms. The number of fused-ring (bicyclic) bond motifs is 3. The predicted octanol–water partition coefficient (Wildman–Crippen LogP) is 3.38. The van der Waals surface area contributed by atoms with Gasteiger partial charge in [0.2, 0.25) is 0 Å². The highest BCUT2D eigenvalue weighted by atomic mass is 16.5. The molecule has 1 aliphatic carbocycles. The lowest BCUT2D eigenvalue weighted by Crippen LogP contribution is -2.40. The van der Waals surface area contributed by atoms with Gasteiger partial charge in [-0.05, 0) is 29.2 Å². The van der Waals surface area contributed by atoms with Crippen molar-refractivity contribution in [3.8, 4) is 23.0 Å². The number of anilines is 1. The fourth-order valence-electron chi connectivity index (χ4n) is 4.12. The number of nitrogens with zero attached hydrogens (tertiary/aromatic N) is 2. The number of carbonyl (C=O) groups is 3. The second kappa shape index (κ2) is 10.1. The number of rotatable bonds is 7. The zero-order chi connectivity index (χ0) is 24.9. The molecule has 0 radical (unpaired) electrons. The van der Waals surface area contributed by atoms with E-state index >= 15 is 0 Å². The van der Waals surface area contributed by atoms with Gasteiger partial charge in [-0.15, -0.1) is 11.8 Å². The van der Waals surface area contributed by atoms with Crippen molar-refractivity contribution in [2.24, 2.45) is 7.05 Å². The minimum absolute atomic E-state index is 0.0108. The van der Waals surface area contributed by atoms with Gasteiger partial charge in [0.25, 0.3) is 5.91 Å². The molecule has 3 N–H and O–H groups in total. The number of carboxylic acids is 1. The van der Waals surface area contributed by atoms with E-state index in [-0.39, 0.29) is 30.3 Å². The van der Waals surface area contributed by atoms with Crippen LogP contribution in [0, 0.1) is 11.8 Å². The van der Waals surface area contributed by atoms with E-state index in [0.29, 0.717) is 0 Å². The Hall–Kier alpha value is -4.58. The number of aryl methyl sites for hydroxylation is 1. The van der Waals surface area contributed by atoms with Crippen LogP contribution in [-0.4, -0.2) is 45.5 Å². The van der Waals surface area contributed by atoms with Gasteiger partial charge in [-0.3, -0.25) is 14.8 Å². The van der Waals surface area contributed by atoms with Crippen molar-refractivity contribution >= 4 is 23.8 Å². The Kier molecular flexibility index (Phi) is 6.83. The van der Waals surface area contributed by atoms with Crippen molar-refractivity contribution in [3.05, 3.63) is 71.4 Å². The van der Waals surface area contributed by atoms with Gasteiger partial charge in [0, 0.05) is 19.4 Å². The van der Waals surface area contributed by atoms with Gasteiger partial charge >= 0.3 is 12.1 Å². The van der Waals surface area contributed by atoms with Crippen LogP contribution in [0.1, 0.15) is 40.7 Å². The second-order valence-corrected chi connectivity index (χ2v) is 7.98. The molecule has 2 aromatic carbocycles. The maximum absolute atomic E-state index is 12.7. The Labute approximate surface area is 202 Å². The molecular formula is C26H24N4O5. The molecule has 0 saturated heterocycles. The summed E-state index contributed by atoms with van der Waals surface area (Å²) >= 11 is 0. The fourth-order valence-corrected chi connectivity index (χ4v) is 4.12. The first-order valence-electron chi connectivity index (χ1n) is 11.0. The summed E-state index contributed by atoms with van der Waals surface area (Å²) in [6.07, 6.45) is 0.447. The number of hydrogen-bond acceptors (Lipinski definition) is 5. The summed E-state index contributed by atoms with van der Waals surface area (Å²) in [6, 6.07) is 14.8. The monoisotopic (exact) mass is 472 g/mol. The van der Waals surface area contributed by atoms with Gasteiger partial charge in [0.05, 0.1) is 6.20 Å². The molecule has 9 nitrogen and oxygen atoms in total. The predicted molar refractivity (Wildman–Crippen MR) is 129 cm³/mol. The van der Waals surface area contributed by atoms with E-state index in [1.54, 1.807) is 14.0 Å². The van der Waals surface area contributed by atoms with Crippen LogP contribution in [0.25, 0.3) is 11.1 Å². The number of ether oxygens (including phenoxy) is 1. The summed E-state index contributed by atoms with van der Waals surface area (Å²) in [5.74, 6) is 3.31. The normalized spacial score (nSPS) is 12.5. The highest BCUT2D eigenvalue weighted by molar-refractivity contribution is 6.03. The molecule has 1 atom stereocenters. The van der Waals surface area contributed by atoms with E-state index in [1.807, 2.05) is 48.5 Å². The van der Waals surface area contributed by atoms with Crippen molar-refractivity contribution in [3.63, 3.8) is 0 Å². The number of amides is 2. The number of benzene rings is 2. The number of carboxylic acid groups (broad SMARTS) is 1. The van der Waals surface area contributed by atoms with Crippen LogP contribution in [0.3, 0.4) is 0 Å². The van der Waals surface area contributed by atoms with E-state index in [1.165, 1.54) is 10.9 Å². The molecule has 35 heavy (non-hydrogen) atoms. The van der Waals surface area contributed by atoms with Gasteiger partial charge in [-0.25, -0.2) is 9.59 Å². The molecule has 0 bridgehead atoms. The average Bonchev–Trinajstić information content (AvgIpc) is 3.37. The largest absolute Gasteiger partial charge is 0.480 e. The van der Waals surface area contributed by atoms with E-state index in [2.05, 4.69) is 27.6 Å². The summed E-state index contributed by atoms with van der Waals surface area (Å²) < 4.78 is 6.84. The topological polar surface area (TPSA) is 123 Å². The first kappa shape index (κ1) is 23.6. The molecule has 9 heteroatoms. The summed E-state index contributed by atoms with van der Waals surface area (Å²) in [4.78, 5) is 36.8. The summed E-state index contributed by atoms with van der Waals surface area (Å²) in [5.41, 5.74) is 4.40.